The van der Waals surface area contributed by atoms with E-state index in [-0.39, 0.29) is 17.9 Å². The topological polar surface area (TPSA) is 26.0 Å². The fraction of sp³-hybridized carbons (Fsp3) is 0.571. The molecule has 0 bridgehead atoms. The Hall–Kier alpha value is -0.530. The van der Waals surface area contributed by atoms with Crippen LogP contribution in [0.4, 0.5) is 0 Å². The maximum atomic E-state index is 6.72. The molecule has 16 heavy (non-hydrogen) atoms. The Labute approximate surface area is 104 Å². The molecule has 2 heteroatoms. The molecule has 0 spiro atoms. The van der Waals surface area contributed by atoms with Crippen LogP contribution >= 0.6 is 12.4 Å². The third kappa shape index (κ3) is 1.42. The van der Waals surface area contributed by atoms with Crippen LogP contribution in [0, 0.1) is 11.8 Å². The second kappa shape index (κ2) is 4.05. The first-order valence-corrected chi connectivity index (χ1v) is 6.10. The molecule has 2 aliphatic carbocycles. The molecule has 3 atom stereocenters. The van der Waals surface area contributed by atoms with Gasteiger partial charge < -0.3 is 5.73 Å². The lowest BCUT2D eigenvalue weighted by Crippen LogP contribution is -2.49. The summed E-state index contributed by atoms with van der Waals surface area (Å²) >= 11 is 0. The SMILES string of the molecule is CC1CCCC2Cc3ccccc3C12N.Cl. The molecule has 1 aromatic carbocycles. The second-order valence-electron chi connectivity index (χ2n) is 5.32. The van der Waals surface area contributed by atoms with E-state index < -0.39 is 0 Å². The van der Waals surface area contributed by atoms with Crippen LogP contribution in [-0.2, 0) is 12.0 Å². The van der Waals surface area contributed by atoms with Crippen LogP contribution in [0.3, 0.4) is 0 Å². The first-order chi connectivity index (χ1) is 7.23. The van der Waals surface area contributed by atoms with E-state index in [2.05, 4.69) is 31.2 Å². The summed E-state index contributed by atoms with van der Waals surface area (Å²) in [6.07, 6.45) is 5.17. The molecule has 0 aromatic heterocycles. The van der Waals surface area contributed by atoms with Gasteiger partial charge in [-0.3, -0.25) is 0 Å². The molecule has 1 fully saturated rings. The zero-order valence-electron chi connectivity index (χ0n) is 9.78. The Bertz CT molecular complexity index is 390. The Morgan fingerprint density at radius 2 is 2.00 bits per heavy atom. The van der Waals surface area contributed by atoms with Crippen LogP contribution in [0.15, 0.2) is 24.3 Å². The highest BCUT2D eigenvalue weighted by Gasteiger charge is 2.48. The van der Waals surface area contributed by atoms with Crippen LogP contribution in [0.1, 0.15) is 37.3 Å². The molecule has 1 aromatic rings. The molecule has 2 aliphatic rings. The highest BCUT2D eigenvalue weighted by molar-refractivity contribution is 5.85. The van der Waals surface area contributed by atoms with Crippen molar-refractivity contribution in [2.75, 3.05) is 0 Å². The van der Waals surface area contributed by atoms with Crippen molar-refractivity contribution in [2.45, 2.75) is 38.1 Å². The summed E-state index contributed by atoms with van der Waals surface area (Å²) < 4.78 is 0. The van der Waals surface area contributed by atoms with Crippen molar-refractivity contribution in [3.8, 4) is 0 Å². The van der Waals surface area contributed by atoms with Gasteiger partial charge in [-0.2, -0.15) is 0 Å². The molecule has 0 radical (unpaired) electrons. The monoisotopic (exact) mass is 237 g/mol. The smallest absolute Gasteiger partial charge is 0.0470 e. The van der Waals surface area contributed by atoms with Crippen LogP contribution in [0.2, 0.25) is 0 Å². The van der Waals surface area contributed by atoms with Crippen LogP contribution < -0.4 is 5.73 Å². The predicted octanol–water partition coefficient (Wildman–Crippen LogP) is 3.25. The minimum atomic E-state index is -0.0190. The molecule has 0 heterocycles. The number of fused-ring (bicyclic) bond motifs is 3. The number of benzene rings is 1. The number of rotatable bonds is 0. The molecule has 0 aliphatic heterocycles. The van der Waals surface area contributed by atoms with Crippen LogP contribution in [0.5, 0.6) is 0 Å². The van der Waals surface area contributed by atoms with E-state index in [9.17, 15) is 0 Å². The summed E-state index contributed by atoms with van der Waals surface area (Å²) in [7, 11) is 0. The van der Waals surface area contributed by atoms with Gasteiger partial charge >= 0.3 is 0 Å². The first kappa shape index (κ1) is 11.9. The summed E-state index contributed by atoms with van der Waals surface area (Å²) in [6.45, 7) is 2.33. The lowest BCUT2D eigenvalue weighted by atomic mass is 9.67. The van der Waals surface area contributed by atoms with Gasteiger partial charge in [-0.05, 0) is 42.2 Å². The standard InChI is InChI=1S/C14H19N.ClH/c1-10-5-4-7-12-9-11-6-2-3-8-13(11)14(10,12)15;/h2-3,6,8,10,12H,4-5,7,9,15H2,1H3;1H. The lowest BCUT2D eigenvalue weighted by molar-refractivity contribution is 0.139. The first-order valence-electron chi connectivity index (χ1n) is 6.10. The van der Waals surface area contributed by atoms with E-state index >= 15 is 0 Å². The van der Waals surface area contributed by atoms with E-state index in [4.69, 9.17) is 5.73 Å². The number of hydrogen-bond donors (Lipinski definition) is 1. The molecule has 1 nitrogen and oxygen atoms in total. The Morgan fingerprint density at radius 1 is 1.25 bits per heavy atom. The molecule has 1 saturated carbocycles. The maximum Gasteiger partial charge on any atom is 0.0470 e. The van der Waals surface area contributed by atoms with E-state index in [1.54, 1.807) is 0 Å². The predicted molar refractivity (Wildman–Crippen MR) is 69.8 cm³/mol. The third-order valence-corrected chi connectivity index (χ3v) is 4.63. The molecule has 2 N–H and O–H groups in total. The molecular formula is C14H20ClN. The van der Waals surface area contributed by atoms with Gasteiger partial charge in [-0.1, -0.05) is 37.6 Å². The van der Waals surface area contributed by atoms with Crippen molar-refractivity contribution in [1.82, 2.24) is 0 Å². The normalized spacial score (nSPS) is 36.1. The van der Waals surface area contributed by atoms with Crippen molar-refractivity contribution in [3.05, 3.63) is 35.4 Å². The zero-order valence-corrected chi connectivity index (χ0v) is 10.6. The van der Waals surface area contributed by atoms with E-state index in [1.807, 2.05) is 0 Å². The van der Waals surface area contributed by atoms with Gasteiger partial charge in [0, 0.05) is 5.54 Å². The average molecular weight is 238 g/mol. The van der Waals surface area contributed by atoms with Gasteiger partial charge in [0.2, 0.25) is 0 Å². The van der Waals surface area contributed by atoms with Crippen molar-refractivity contribution in [1.29, 1.82) is 0 Å². The van der Waals surface area contributed by atoms with Crippen molar-refractivity contribution >= 4 is 12.4 Å². The minimum Gasteiger partial charge on any atom is -0.321 e. The Morgan fingerprint density at radius 3 is 2.81 bits per heavy atom. The molecule has 3 rings (SSSR count). The Balaban J connectivity index is 0.000000963. The van der Waals surface area contributed by atoms with Gasteiger partial charge in [0.05, 0.1) is 0 Å². The zero-order chi connectivity index (χ0) is 10.5. The van der Waals surface area contributed by atoms with E-state index in [0.29, 0.717) is 11.8 Å². The summed E-state index contributed by atoms with van der Waals surface area (Å²) in [5, 5.41) is 0. The van der Waals surface area contributed by atoms with Gasteiger partial charge in [0.15, 0.2) is 0 Å². The highest BCUT2D eigenvalue weighted by Crippen LogP contribution is 2.50. The lowest BCUT2D eigenvalue weighted by Gasteiger charge is -2.42. The second-order valence-corrected chi connectivity index (χ2v) is 5.32. The van der Waals surface area contributed by atoms with E-state index in [1.165, 1.54) is 36.8 Å². The van der Waals surface area contributed by atoms with Gasteiger partial charge in [-0.25, -0.2) is 0 Å². The summed E-state index contributed by atoms with van der Waals surface area (Å²) in [4.78, 5) is 0. The fourth-order valence-corrected chi connectivity index (χ4v) is 3.69. The summed E-state index contributed by atoms with van der Waals surface area (Å²) in [5.74, 6) is 1.33. The molecular weight excluding hydrogens is 218 g/mol. The number of hydrogen-bond acceptors (Lipinski definition) is 1. The molecule has 0 saturated heterocycles. The van der Waals surface area contributed by atoms with Crippen molar-refractivity contribution in [3.63, 3.8) is 0 Å². The van der Waals surface area contributed by atoms with Crippen molar-refractivity contribution in [2.24, 2.45) is 17.6 Å². The maximum absolute atomic E-state index is 6.72. The van der Waals surface area contributed by atoms with Gasteiger partial charge in [-0.15, -0.1) is 12.4 Å². The summed E-state index contributed by atoms with van der Waals surface area (Å²) in [6, 6.07) is 8.79. The largest absolute Gasteiger partial charge is 0.321 e. The quantitative estimate of drug-likeness (QED) is 0.737. The van der Waals surface area contributed by atoms with Crippen LogP contribution in [0.25, 0.3) is 0 Å². The number of halogens is 1. The minimum absolute atomic E-state index is 0. The van der Waals surface area contributed by atoms with Gasteiger partial charge in [0.1, 0.15) is 0 Å². The molecule has 0 amide bonds. The Kier molecular flexibility index (Phi) is 3.02. The van der Waals surface area contributed by atoms with E-state index in [0.717, 1.165) is 0 Å². The van der Waals surface area contributed by atoms with Crippen LogP contribution in [-0.4, -0.2) is 0 Å². The number of nitrogens with two attached hydrogens (primary N) is 1. The van der Waals surface area contributed by atoms with Gasteiger partial charge in [0.25, 0.3) is 0 Å². The highest BCUT2D eigenvalue weighted by atomic mass is 35.5. The molecule has 88 valence electrons. The fourth-order valence-electron chi connectivity index (χ4n) is 3.69. The third-order valence-electron chi connectivity index (χ3n) is 4.63. The summed E-state index contributed by atoms with van der Waals surface area (Å²) in [5.41, 5.74) is 9.63. The molecule has 3 unspecified atom stereocenters. The van der Waals surface area contributed by atoms with Crippen molar-refractivity contribution < 1.29 is 0 Å². The average Bonchev–Trinajstić information content (AvgIpc) is 2.55.